The summed E-state index contributed by atoms with van der Waals surface area (Å²) in [5.74, 6) is 1.67. The van der Waals surface area contributed by atoms with Crippen LogP contribution in [0.25, 0.3) is 17.1 Å². The molecule has 0 unspecified atom stereocenters. The average Bonchev–Trinajstić information content (AvgIpc) is 2.90. The van der Waals surface area contributed by atoms with Crippen molar-refractivity contribution in [2.75, 3.05) is 0 Å². The van der Waals surface area contributed by atoms with Gasteiger partial charge in [0.25, 0.3) is 0 Å². The molecule has 0 aliphatic heterocycles. The van der Waals surface area contributed by atoms with E-state index in [4.69, 9.17) is 0 Å². The maximum absolute atomic E-state index is 4.56. The van der Waals surface area contributed by atoms with Crippen molar-refractivity contribution in [3.05, 3.63) is 66.0 Å². The van der Waals surface area contributed by atoms with Gasteiger partial charge in [-0.3, -0.25) is 0 Å². The molecule has 0 amide bonds. The van der Waals surface area contributed by atoms with Crippen molar-refractivity contribution in [1.82, 2.24) is 14.8 Å². The van der Waals surface area contributed by atoms with Gasteiger partial charge in [-0.2, -0.15) is 5.10 Å². The van der Waals surface area contributed by atoms with E-state index in [2.05, 4.69) is 41.3 Å². The SMILES string of the molecule is CCc1ccc(-c2nc(C)nn2-c2ccccc2)cc1. The minimum absolute atomic E-state index is 0.781. The molecular formula is C17H17N3. The van der Waals surface area contributed by atoms with E-state index in [0.717, 1.165) is 29.3 Å². The van der Waals surface area contributed by atoms with Crippen molar-refractivity contribution < 1.29 is 0 Å². The van der Waals surface area contributed by atoms with Gasteiger partial charge in [0.1, 0.15) is 5.82 Å². The lowest BCUT2D eigenvalue weighted by Crippen LogP contribution is -1.99. The van der Waals surface area contributed by atoms with Crippen molar-refractivity contribution in [3.63, 3.8) is 0 Å². The van der Waals surface area contributed by atoms with Crippen molar-refractivity contribution in [2.45, 2.75) is 20.3 Å². The quantitative estimate of drug-likeness (QED) is 0.719. The highest BCUT2D eigenvalue weighted by Gasteiger charge is 2.11. The van der Waals surface area contributed by atoms with Gasteiger partial charge in [-0.25, -0.2) is 9.67 Å². The van der Waals surface area contributed by atoms with Crippen molar-refractivity contribution >= 4 is 0 Å². The van der Waals surface area contributed by atoms with E-state index >= 15 is 0 Å². The third-order valence-corrected chi connectivity index (χ3v) is 3.33. The maximum Gasteiger partial charge on any atom is 0.163 e. The molecule has 3 heteroatoms. The van der Waals surface area contributed by atoms with Gasteiger partial charge in [-0.15, -0.1) is 0 Å². The molecule has 0 saturated heterocycles. The number of rotatable bonds is 3. The molecule has 0 bridgehead atoms. The molecule has 0 aliphatic carbocycles. The fraction of sp³-hybridized carbons (Fsp3) is 0.176. The zero-order chi connectivity index (χ0) is 13.9. The molecule has 0 radical (unpaired) electrons. The highest BCUT2D eigenvalue weighted by molar-refractivity contribution is 5.58. The number of hydrogen-bond donors (Lipinski definition) is 0. The summed E-state index contributed by atoms with van der Waals surface area (Å²) in [5, 5.41) is 4.51. The topological polar surface area (TPSA) is 30.7 Å². The van der Waals surface area contributed by atoms with Crippen LogP contribution in [-0.2, 0) is 6.42 Å². The zero-order valence-electron chi connectivity index (χ0n) is 11.7. The third-order valence-electron chi connectivity index (χ3n) is 3.33. The smallest absolute Gasteiger partial charge is 0.163 e. The van der Waals surface area contributed by atoms with E-state index in [1.165, 1.54) is 5.56 Å². The summed E-state index contributed by atoms with van der Waals surface area (Å²) >= 11 is 0. The second kappa shape index (κ2) is 5.29. The molecule has 3 aromatic rings. The third kappa shape index (κ3) is 2.35. The fourth-order valence-electron chi connectivity index (χ4n) is 2.24. The number of benzene rings is 2. The molecule has 0 saturated carbocycles. The van der Waals surface area contributed by atoms with Crippen molar-refractivity contribution in [2.24, 2.45) is 0 Å². The molecule has 1 aromatic heterocycles. The molecule has 100 valence electrons. The van der Waals surface area contributed by atoms with Gasteiger partial charge < -0.3 is 0 Å². The Morgan fingerprint density at radius 1 is 0.950 bits per heavy atom. The molecule has 3 rings (SSSR count). The van der Waals surface area contributed by atoms with Crippen LogP contribution in [0.3, 0.4) is 0 Å². The van der Waals surface area contributed by atoms with Crippen molar-refractivity contribution in [3.8, 4) is 17.1 Å². The Balaban J connectivity index is 2.09. The Hall–Kier alpha value is -2.42. The van der Waals surface area contributed by atoms with E-state index in [1.54, 1.807) is 0 Å². The number of aromatic nitrogens is 3. The largest absolute Gasteiger partial charge is 0.213 e. The Bertz CT molecular complexity index is 697. The first-order chi connectivity index (χ1) is 9.78. The molecule has 0 spiro atoms. The van der Waals surface area contributed by atoms with E-state index in [-0.39, 0.29) is 0 Å². The number of nitrogens with zero attached hydrogens (tertiary/aromatic N) is 3. The second-order valence-electron chi connectivity index (χ2n) is 4.78. The first-order valence-electron chi connectivity index (χ1n) is 6.86. The lowest BCUT2D eigenvalue weighted by molar-refractivity contribution is 0.869. The van der Waals surface area contributed by atoms with E-state index < -0.39 is 0 Å². The van der Waals surface area contributed by atoms with Crippen LogP contribution in [0.2, 0.25) is 0 Å². The summed E-state index contributed by atoms with van der Waals surface area (Å²) in [7, 11) is 0. The summed E-state index contributed by atoms with van der Waals surface area (Å²) in [6.07, 6.45) is 1.05. The minimum Gasteiger partial charge on any atom is -0.213 e. The van der Waals surface area contributed by atoms with Gasteiger partial charge in [-0.05, 0) is 31.0 Å². The van der Waals surface area contributed by atoms with Crippen molar-refractivity contribution in [1.29, 1.82) is 0 Å². The number of aryl methyl sites for hydroxylation is 2. The molecular weight excluding hydrogens is 246 g/mol. The lowest BCUT2D eigenvalue weighted by atomic mass is 10.1. The molecule has 2 aromatic carbocycles. The Morgan fingerprint density at radius 3 is 2.30 bits per heavy atom. The zero-order valence-corrected chi connectivity index (χ0v) is 11.7. The predicted molar refractivity (Wildman–Crippen MR) is 80.9 cm³/mol. The Labute approximate surface area is 118 Å². The van der Waals surface area contributed by atoms with Crippen LogP contribution in [0.5, 0.6) is 0 Å². The highest BCUT2D eigenvalue weighted by atomic mass is 15.3. The predicted octanol–water partition coefficient (Wildman–Crippen LogP) is 3.81. The summed E-state index contributed by atoms with van der Waals surface area (Å²) in [4.78, 5) is 4.56. The molecule has 0 fully saturated rings. The maximum atomic E-state index is 4.56. The number of hydrogen-bond acceptors (Lipinski definition) is 2. The summed E-state index contributed by atoms with van der Waals surface area (Å²) in [5.41, 5.74) is 3.45. The summed E-state index contributed by atoms with van der Waals surface area (Å²) in [6.45, 7) is 4.08. The van der Waals surface area contributed by atoms with Crippen LogP contribution in [-0.4, -0.2) is 14.8 Å². The van der Waals surface area contributed by atoms with E-state index in [0.29, 0.717) is 0 Å². The van der Waals surface area contributed by atoms with Gasteiger partial charge >= 0.3 is 0 Å². The van der Waals surface area contributed by atoms with Gasteiger partial charge in [0.15, 0.2) is 5.82 Å². The molecule has 3 nitrogen and oxygen atoms in total. The van der Waals surface area contributed by atoms with Crippen LogP contribution in [0, 0.1) is 6.92 Å². The van der Waals surface area contributed by atoms with Gasteiger partial charge in [0, 0.05) is 5.56 Å². The molecule has 0 aliphatic rings. The number of para-hydroxylation sites is 1. The average molecular weight is 263 g/mol. The first-order valence-corrected chi connectivity index (χ1v) is 6.86. The van der Waals surface area contributed by atoms with Crippen LogP contribution in [0.4, 0.5) is 0 Å². The standard InChI is InChI=1S/C17H17N3/c1-3-14-9-11-15(12-10-14)17-18-13(2)19-20(17)16-7-5-4-6-8-16/h4-12H,3H2,1-2H3. The van der Waals surface area contributed by atoms with Gasteiger partial charge in [-0.1, -0.05) is 49.4 Å². The second-order valence-corrected chi connectivity index (χ2v) is 4.78. The minimum atomic E-state index is 0.781. The normalized spacial score (nSPS) is 10.7. The lowest BCUT2D eigenvalue weighted by Gasteiger charge is -2.06. The molecule has 1 heterocycles. The van der Waals surface area contributed by atoms with Gasteiger partial charge in [0.05, 0.1) is 5.69 Å². The fourth-order valence-corrected chi connectivity index (χ4v) is 2.24. The van der Waals surface area contributed by atoms with E-state index in [9.17, 15) is 0 Å². The Kier molecular flexibility index (Phi) is 3.33. The Morgan fingerprint density at radius 2 is 1.65 bits per heavy atom. The summed E-state index contributed by atoms with van der Waals surface area (Å²) < 4.78 is 1.90. The summed E-state index contributed by atoms with van der Waals surface area (Å²) in [6, 6.07) is 18.6. The van der Waals surface area contributed by atoms with Crippen LogP contribution < -0.4 is 0 Å². The highest BCUT2D eigenvalue weighted by Crippen LogP contribution is 2.21. The van der Waals surface area contributed by atoms with Crippen LogP contribution >= 0.6 is 0 Å². The van der Waals surface area contributed by atoms with Crippen LogP contribution in [0.15, 0.2) is 54.6 Å². The van der Waals surface area contributed by atoms with Crippen LogP contribution in [0.1, 0.15) is 18.3 Å². The molecule has 0 N–H and O–H groups in total. The monoisotopic (exact) mass is 263 g/mol. The van der Waals surface area contributed by atoms with E-state index in [1.807, 2.05) is 41.9 Å². The molecule has 20 heavy (non-hydrogen) atoms. The molecule has 0 atom stereocenters. The van der Waals surface area contributed by atoms with Gasteiger partial charge in [0.2, 0.25) is 0 Å². The first kappa shape index (κ1) is 12.6.